The molecule has 17 heavy (non-hydrogen) atoms. The standard InChI is InChI=1S/C14H22O3/c1-10(2)8-12(15)9-11-6-5-7-14(11,3)13(16)17-4/h9-10H,5-8H2,1-4H3/b11-9+. The number of hydrogen-bond donors (Lipinski definition) is 0. The number of hydrogen-bond acceptors (Lipinski definition) is 3. The van der Waals surface area contributed by atoms with Crippen LogP contribution in [0.25, 0.3) is 0 Å². The molecule has 0 radical (unpaired) electrons. The van der Waals surface area contributed by atoms with E-state index in [2.05, 4.69) is 0 Å². The number of ether oxygens (including phenoxy) is 1. The number of esters is 1. The molecule has 1 fully saturated rings. The van der Waals surface area contributed by atoms with Crippen LogP contribution in [0.4, 0.5) is 0 Å². The van der Waals surface area contributed by atoms with Crippen molar-refractivity contribution < 1.29 is 14.3 Å². The van der Waals surface area contributed by atoms with E-state index in [0.29, 0.717) is 12.3 Å². The minimum Gasteiger partial charge on any atom is -0.468 e. The van der Waals surface area contributed by atoms with Crippen molar-refractivity contribution in [3.8, 4) is 0 Å². The largest absolute Gasteiger partial charge is 0.468 e. The van der Waals surface area contributed by atoms with Crippen LogP contribution in [-0.2, 0) is 14.3 Å². The van der Waals surface area contributed by atoms with Gasteiger partial charge in [0.1, 0.15) is 0 Å². The molecule has 1 saturated carbocycles. The minimum absolute atomic E-state index is 0.118. The lowest BCUT2D eigenvalue weighted by atomic mass is 9.83. The molecule has 0 bridgehead atoms. The van der Waals surface area contributed by atoms with Gasteiger partial charge in [0.25, 0.3) is 0 Å². The van der Waals surface area contributed by atoms with Crippen LogP contribution in [0.15, 0.2) is 11.6 Å². The third kappa shape index (κ3) is 3.18. The Balaban J connectivity index is 2.85. The first-order chi connectivity index (χ1) is 7.90. The van der Waals surface area contributed by atoms with Gasteiger partial charge >= 0.3 is 5.97 Å². The van der Waals surface area contributed by atoms with Crippen molar-refractivity contribution >= 4 is 11.8 Å². The van der Waals surface area contributed by atoms with Crippen LogP contribution in [0.5, 0.6) is 0 Å². The van der Waals surface area contributed by atoms with Gasteiger partial charge in [0.2, 0.25) is 0 Å². The molecule has 0 saturated heterocycles. The first-order valence-corrected chi connectivity index (χ1v) is 6.22. The molecule has 3 heteroatoms. The second kappa shape index (κ2) is 5.48. The van der Waals surface area contributed by atoms with Gasteiger partial charge in [-0.1, -0.05) is 13.8 Å². The van der Waals surface area contributed by atoms with Crippen molar-refractivity contribution in [1.82, 2.24) is 0 Å². The summed E-state index contributed by atoms with van der Waals surface area (Å²) < 4.78 is 4.84. The predicted octanol–water partition coefficient (Wildman–Crippen LogP) is 2.89. The summed E-state index contributed by atoms with van der Waals surface area (Å²) in [5, 5.41) is 0. The fourth-order valence-corrected chi connectivity index (χ4v) is 2.41. The molecule has 0 aromatic rings. The first-order valence-electron chi connectivity index (χ1n) is 6.22. The van der Waals surface area contributed by atoms with Gasteiger partial charge in [-0.25, -0.2) is 0 Å². The van der Waals surface area contributed by atoms with Gasteiger partial charge in [-0.3, -0.25) is 9.59 Å². The molecule has 0 spiro atoms. The van der Waals surface area contributed by atoms with Gasteiger partial charge in [-0.05, 0) is 43.8 Å². The topological polar surface area (TPSA) is 43.4 Å². The summed E-state index contributed by atoms with van der Waals surface area (Å²) in [6, 6.07) is 0. The van der Waals surface area contributed by atoms with Crippen LogP contribution in [-0.4, -0.2) is 18.9 Å². The molecule has 0 N–H and O–H groups in total. The highest BCUT2D eigenvalue weighted by Gasteiger charge is 2.41. The summed E-state index contributed by atoms with van der Waals surface area (Å²) >= 11 is 0. The van der Waals surface area contributed by atoms with E-state index < -0.39 is 5.41 Å². The van der Waals surface area contributed by atoms with Crippen molar-refractivity contribution in [2.75, 3.05) is 7.11 Å². The zero-order chi connectivity index (χ0) is 13.1. The Hall–Kier alpha value is -1.12. The maximum atomic E-state index is 11.8. The van der Waals surface area contributed by atoms with Gasteiger partial charge < -0.3 is 4.74 Å². The molecule has 96 valence electrons. The van der Waals surface area contributed by atoms with E-state index in [1.807, 2.05) is 20.8 Å². The molecule has 0 amide bonds. The van der Waals surface area contributed by atoms with Crippen molar-refractivity contribution in [2.24, 2.45) is 11.3 Å². The zero-order valence-corrected chi connectivity index (χ0v) is 11.2. The lowest BCUT2D eigenvalue weighted by Crippen LogP contribution is -2.28. The quantitative estimate of drug-likeness (QED) is 0.558. The van der Waals surface area contributed by atoms with Crippen molar-refractivity contribution in [3.05, 3.63) is 11.6 Å². The Labute approximate surface area is 103 Å². The normalized spacial score (nSPS) is 26.5. The highest BCUT2D eigenvalue weighted by Crippen LogP contribution is 2.43. The summed E-state index contributed by atoms with van der Waals surface area (Å²) in [5.74, 6) is 0.246. The molecule has 0 aliphatic heterocycles. The van der Waals surface area contributed by atoms with Gasteiger partial charge in [-0.15, -0.1) is 0 Å². The van der Waals surface area contributed by atoms with Crippen LogP contribution < -0.4 is 0 Å². The van der Waals surface area contributed by atoms with Gasteiger partial charge in [0.05, 0.1) is 12.5 Å². The number of methoxy groups -OCH3 is 1. The average molecular weight is 238 g/mol. The molecule has 0 heterocycles. The van der Waals surface area contributed by atoms with E-state index in [1.54, 1.807) is 6.08 Å². The zero-order valence-electron chi connectivity index (χ0n) is 11.2. The van der Waals surface area contributed by atoms with Gasteiger partial charge in [0.15, 0.2) is 5.78 Å². The maximum Gasteiger partial charge on any atom is 0.315 e. The Morgan fingerprint density at radius 2 is 2.12 bits per heavy atom. The predicted molar refractivity (Wildman–Crippen MR) is 66.5 cm³/mol. The second-order valence-electron chi connectivity index (χ2n) is 5.41. The monoisotopic (exact) mass is 238 g/mol. The van der Waals surface area contributed by atoms with Crippen molar-refractivity contribution in [3.63, 3.8) is 0 Å². The lowest BCUT2D eigenvalue weighted by Gasteiger charge is -2.22. The third-order valence-electron chi connectivity index (χ3n) is 3.41. The Morgan fingerprint density at radius 3 is 2.65 bits per heavy atom. The van der Waals surface area contributed by atoms with E-state index in [9.17, 15) is 9.59 Å². The molecular formula is C14H22O3. The van der Waals surface area contributed by atoms with Crippen LogP contribution in [0.3, 0.4) is 0 Å². The van der Waals surface area contributed by atoms with E-state index in [1.165, 1.54) is 7.11 Å². The number of rotatable bonds is 4. The summed E-state index contributed by atoms with van der Waals surface area (Å²) in [4.78, 5) is 23.6. The second-order valence-corrected chi connectivity index (χ2v) is 5.41. The van der Waals surface area contributed by atoms with E-state index in [-0.39, 0.29) is 11.8 Å². The molecule has 1 aliphatic rings. The molecule has 3 nitrogen and oxygen atoms in total. The fourth-order valence-electron chi connectivity index (χ4n) is 2.41. The van der Waals surface area contributed by atoms with Gasteiger partial charge in [-0.2, -0.15) is 0 Å². The van der Waals surface area contributed by atoms with E-state index >= 15 is 0 Å². The highest BCUT2D eigenvalue weighted by atomic mass is 16.5. The molecule has 1 rings (SSSR count). The first kappa shape index (κ1) is 13.9. The highest BCUT2D eigenvalue weighted by molar-refractivity contribution is 5.92. The Bertz CT molecular complexity index is 341. The molecule has 1 unspecified atom stereocenters. The third-order valence-corrected chi connectivity index (χ3v) is 3.41. The maximum absolute atomic E-state index is 11.8. The number of ketones is 1. The van der Waals surface area contributed by atoms with Crippen LogP contribution in [0, 0.1) is 11.3 Å². The summed E-state index contributed by atoms with van der Waals surface area (Å²) in [5.41, 5.74) is 0.358. The van der Waals surface area contributed by atoms with Crippen molar-refractivity contribution in [1.29, 1.82) is 0 Å². The molecular weight excluding hydrogens is 216 g/mol. The summed E-state index contributed by atoms with van der Waals surface area (Å²) in [6.07, 6.45) is 4.77. The van der Waals surface area contributed by atoms with Crippen LogP contribution >= 0.6 is 0 Å². The Morgan fingerprint density at radius 1 is 1.47 bits per heavy atom. The number of carbonyl (C=O) groups is 2. The van der Waals surface area contributed by atoms with E-state index in [0.717, 1.165) is 24.8 Å². The SMILES string of the molecule is COC(=O)C1(C)CCC/C1=C\C(=O)CC(C)C. The number of carbonyl (C=O) groups excluding carboxylic acids is 2. The number of allylic oxidation sites excluding steroid dienone is 1. The molecule has 1 aliphatic carbocycles. The smallest absolute Gasteiger partial charge is 0.315 e. The van der Waals surface area contributed by atoms with Gasteiger partial charge in [0, 0.05) is 6.42 Å². The van der Waals surface area contributed by atoms with Crippen LogP contribution in [0.2, 0.25) is 0 Å². The van der Waals surface area contributed by atoms with E-state index in [4.69, 9.17) is 4.74 Å². The summed E-state index contributed by atoms with van der Waals surface area (Å²) in [6.45, 7) is 5.91. The van der Waals surface area contributed by atoms with Crippen molar-refractivity contribution in [2.45, 2.75) is 46.5 Å². The molecule has 0 aromatic heterocycles. The lowest BCUT2D eigenvalue weighted by molar-refractivity contribution is -0.149. The van der Waals surface area contributed by atoms with Crippen LogP contribution in [0.1, 0.15) is 46.5 Å². The summed E-state index contributed by atoms with van der Waals surface area (Å²) in [7, 11) is 1.40. The Kier molecular flexibility index (Phi) is 4.49. The average Bonchev–Trinajstić information content (AvgIpc) is 2.59. The molecule has 1 atom stereocenters. The fraction of sp³-hybridized carbons (Fsp3) is 0.714. The minimum atomic E-state index is -0.582. The molecule has 0 aromatic carbocycles.